The predicted octanol–water partition coefficient (Wildman–Crippen LogP) is 3.39. The van der Waals surface area contributed by atoms with Crippen LogP contribution in [-0.2, 0) is 6.54 Å². The number of aliphatic imine (C=N–C) groups is 1. The minimum Gasteiger partial charge on any atom is -0.351 e. The number of thioether (sulfide) groups is 1. The maximum absolute atomic E-state index is 4.64. The summed E-state index contributed by atoms with van der Waals surface area (Å²) in [4.78, 5) is 6.81. The van der Waals surface area contributed by atoms with Crippen molar-refractivity contribution >= 4 is 41.7 Å². The second kappa shape index (κ2) is 10.1. The van der Waals surface area contributed by atoms with Gasteiger partial charge < -0.3 is 10.2 Å². The van der Waals surface area contributed by atoms with Crippen LogP contribution in [0.3, 0.4) is 0 Å². The van der Waals surface area contributed by atoms with E-state index in [2.05, 4.69) is 51.1 Å². The summed E-state index contributed by atoms with van der Waals surface area (Å²) < 4.78 is 1.91. The first kappa shape index (κ1) is 20.1. The van der Waals surface area contributed by atoms with Gasteiger partial charge in [0.15, 0.2) is 5.96 Å². The number of aromatic nitrogens is 2. The molecule has 0 saturated carbocycles. The van der Waals surface area contributed by atoms with Crippen molar-refractivity contribution in [3.63, 3.8) is 0 Å². The number of nitrogens with zero attached hydrogens (tertiary/aromatic N) is 4. The molecule has 3 rings (SSSR count). The second-order valence-corrected chi connectivity index (χ2v) is 7.24. The van der Waals surface area contributed by atoms with Crippen LogP contribution in [0.5, 0.6) is 0 Å². The Morgan fingerprint density at radius 3 is 2.84 bits per heavy atom. The SMILES string of the molecule is CCC1CN(C(=NC)NCc2ccn(-c3ccccc3)n2)CCS1.I. The fraction of sp³-hybridized carbons (Fsp3) is 0.444. The third-order valence-electron chi connectivity index (χ3n) is 4.20. The first-order valence-corrected chi connectivity index (χ1v) is 9.52. The molecule has 7 heteroatoms. The van der Waals surface area contributed by atoms with Crippen molar-refractivity contribution in [1.29, 1.82) is 0 Å². The summed E-state index contributed by atoms with van der Waals surface area (Å²) >= 11 is 2.07. The Labute approximate surface area is 171 Å². The third kappa shape index (κ3) is 5.37. The van der Waals surface area contributed by atoms with Gasteiger partial charge in [0.25, 0.3) is 0 Å². The fourth-order valence-corrected chi connectivity index (χ4v) is 4.02. The standard InChI is InChI=1S/C18H25N5S.HI/c1-3-17-14-22(11-12-24-17)18(19-2)20-13-15-9-10-23(21-15)16-7-5-4-6-8-16;/h4-10,17H,3,11-14H2,1-2H3,(H,19,20);1H. The lowest BCUT2D eigenvalue weighted by molar-refractivity contribution is 0.407. The van der Waals surface area contributed by atoms with Gasteiger partial charge in [-0.1, -0.05) is 25.1 Å². The molecule has 5 nitrogen and oxygen atoms in total. The van der Waals surface area contributed by atoms with Crippen molar-refractivity contribution < 1.29 is 0 Å². The molecule has 1 aliphatic heterocycles. The van der Waals surface area contributed by atoms with E-state index >= 15 is 0 Å². The molecule has 1 aliphatic rings. The van der Waals surface area contributed by atoms with Crippen LogP contribution in [0.4, 0.5) is 0 Å². The van der Waals surface area contributed by atoms with Gasteiger partial charge in [-0.3, -0.25) is 4.99 Å². The van der Waals surface area contributed by atoms with E-state index in [1.165, 1.54) is 12.2 Å². The maximum Gasteiger partial charge on any atom is 0.194 e. The van der Waals surface area contributed by atoms with E-state index in [-0.39, 0.29) is 24.0 Å². The molecular formula is C18H26IN5S. The molecule has 0 spiro atoms. The largest absolute Gasteiger partial charge is 0.351 e. The van der Waals surface area contributed by atoms with Crippen LogP contribution in [0.1, 0.15) is 19.0 Å². The summed E-state index contributed by atoms with van der Waals surface area (Å²) in [7, 11) is 1.85. The second-order valence-electron chi connectivity index (χ2n) is 5.84. The summed E-state index contributed by atoms with van der Waals surface area (Å²) in [5, 5.41) is 8.80. The van der Waals surface area contributed by atoms with E-state index in [0.717, 1.165) is 30.4 Å². The molecule has 0 radical (unpaired) electrons. The van der Waals surface area contributed by atoms with E-state index < -0.39 is 0 Å². The molecule has 2 aromatic rings. The molecule has 1 aromatic carbocycles. The highest BCUT2D eigenvalue weighted by atomic mass is 127. The molecular weight excluding hydrogens is 445 g/mol. The zero-order chi connectivity index (χ0) is 16.8. The first-order chi connectivity index (χ1) is 11.8. The van der Waals surface area contributed by atoms with Gasteiger partial charge in [0.1, 0.15) is 0 Å². The lowest BCUT2D eigenvalue weighted by Gasteiger charge is -2.34. The van der Waals surface area contributed by atoms with Gasteiger partial charge in [-0.05, 0) is 24.6 Å². The number of nitrogens with one attached hydrogen (secondary N) is 1. The number of hydrogen-bond donors (Lipinski definition) is 1. The fourth-order valence-electron chi connectivity index (χ4n) is 2.84. The highest BCUT2D eigenvalue weighted by Gasteiger charge is 2.21. The quantitative estimate of drug-likeness (QED) is 0.422. The van der Waals surface area contributed by atoms with Crippen molar-refractivity contribution in [3.8, 4) is 5.69 Å². The molecule has 1 fully saturated rings. The monoisotopic (exact) mass is 471 g/mol. The number of hydrogen-bond acceptors (Lipinski definition) is 3. The highest BCUT2D eigenvalue weighted by molar-refractivity contribution is 14.0. The Morgan fingerprint density at radius 1 is 1.32 bits per heavy atom. The van der Waals surface area contributed by atoms with Crippen LogP contribution in [0.2, 0.25) is 0 Å². The minimum absolute atomic E-state index is 0. The average molecular weight is 471 g/mol. The molecule has 1 N–H and O–H groups in total. The van der Waals surface area contributed by atoms with E-state index in [4.69, 9.17) is 0 Å². The maximum atomic E-state index is 4.64. The van der Waals surface area contributed by atoms with Gasteiger partial charge in [0.05, 0.1) is 17.9 Å². The van der Waals surface area contributed by atoms with Crippen molar-refractivity contribution in [2.45, 2.75) is 25.1 Å². The molecule has 1 saturated heterocycles. The lowest BCUT2D eigenvalue weighted by atomic mass is 10.3. The third-order valence-corrected chi connectivity index (χ3v) is 5.57. The first-order valence-electron chi connectivity index (χ1n) is 8.47. The minimum atomic E-state index is 0. The normalized spacial score (nSPS) is 17.9. The van der Waals surface area contributed by atoms with Gasteiger partial charge in [-0.25, -0.2) is 4.68 Å². The summed E-state index contributed by atoms with van der Waals surface area (Å²) in [5.41, 5.74) is 2.09. The van der Waals surface area contributed by atoms with Gasteiger partial charge in [-0.15, -0.1) is 24.0 Å². The number of benzene rings is 1. The van der Waals surface area contributed by atoms with Crippen LogP contribution in [-0.4, -0.2) is 51.8 Å². The number of para-hydroxylation sites is 1. The average Bonchev–Trinajstić information content (AvgIpc) is 3.12. The topological polar surface area (TPSA) is 45.5 Å². The van der Waals surface area contributed by atoms with Gasteiger partial charge in [-0.2, -0.15) is 16.9 Å². The number of guanidine groups is 1. The summed E-state index contributed by atoms with van der Waals surface area (Å²) in [6, 6.07) is 12.2. The molecule has 136 valence electrons. The van der Waals surface area contributed by atoms with Crippen LogP contribution in [0.15, 0.2) is 47.6 Å². The zero-order valence-corrected chi connectivity index (χ0v) is 17.9. The highest BCUT2D eigenvalue weighted by Crippen LogP contribution is 2.21. The van der Waals surface area contributed by atoms with E-state index in [1.807, 2.05) is 42.2 Å². The molecule has 1 aromatic heterocycles. The van der Waals surface area contributed by atoms with Crippen LogP contribution < -0.4 is 5.32 Å². The molecule has 2 heterocycles. The van der Waals surface area contributed by atoms with E-state index in [0.29, 0.717) is 11.8 Å². The molecule has 0 bridgehead atoms. The van der Waals surface area contributed by atoms with Crippen molar-refractivity contribution in [1.82, 2.24) is 20.0 Å². The Bertz CT molecular complexity index is 673. The molecule has 1 atom stereocenters. The van der Waals surface area contributed by atoms with E-state index in [1.54, 1.807) is 0 Å². The molecule has 1 unspecified atom stereocenters. The number of rotatable bonds is 4. The van der Waals surface area contributed by atoms with Crippen molar-refractivity contribution in [2.75, 3.05) is 25.9 Å². The Hall–Kier alpha value is -1.22. The number of halogens is 1. The summed E-state index contributed by atoms with van der Waals surface area (Å²) in [6.45, 7) is 5.07. The zero-order valence-electron chi connectivity index (χ0n) is 14.8. The van der Waals surface area contributed by atoms with Gasteiger partial charge in [0.2, 0.25) is 0 Å². The van der Waals surface area contributed by atoms with Crippen LogP contribution in [0, 0.1) is 0 Å². The summed E-state index contributed by atoms with van der Waals surface area (Å²) in [6.07, 6.45) is 3.21. The molecule has 0 aliphatic carbocycles. The molecule has 25 heavy (non-hydrogen) atoms. The summed E-state index contributed by atoms with van der Waals surface area (Å²) in [5.74, 6) is 2.14. The van der Waals surface area contributed by atoms with Crippen LogP contribution in [0.25, 0.3) is 5.69 Å². The Morgan fingerprint density at radius 2 is 2.12 bits per heavy atom. The lowest BCUT2D eigenvalue weighted by Crippen LogP contribution is -2.47. The Kier molecular flexibility index (Phi) is 8.08. The van der Waals surface area contributed by atoms with E-state index in [9.17, 15) is 0 Å². The van der Waals surface area contributed by atoms with Gasteiger partial charge in [0, 0.05) is 37.3 Å². The van der Waals surface area contributed by atoms with Gasteiger partial charge >= 0.3 is 0 Å². The predicted molar refractivity (Wildman–Crippen MR) is 117 cm³/mol. The Balaban J connectivity index is 0.00000225. The van der Waals surface area contributed by atoms with Crippen molar-refractivity contribution in [3.05, 3.63) is 48.3 Å². The van der Waals surface area contributed by atoms with Crippen molar-refractivity contribution in [2.24, 2.45) is 4.99 Å². The van der Waals surface area contributed by atoms with Crippen LogP contribution >= 0.6 is 35.7 Å². The smallest absolute Gasteiger partial charge is 0.194 e. The molecule has 0 amide bonds.